The van der Waals surface area contributed by atoms with Crippen LogP contribution >= 0.6 is 11.6 Å². The first kappa shape index (κ1) is 28.2. The number of hydrogen-bond donors (Lipinski definition) is 2. The van der Waals surface area contributed by atoms with Crippen LogP contribution in [-0.4, -0.2) is 59.0 Å². The van der Waals surface area contributed by atoms with Gasteiger partial charge >= 0.3 is 5.97 Å². The van der Waals surface area contributed by atoms with Gasteiger partial charge in [-0.1, -0.05) is 65.3 Å². The fraction of sp³-hybridized carbons (Fsp3) is 0.367. The lowest BCUT2D eigenvalue weighted by atomic mass is 9.89. The predicted octanol–water partition coefficient (Wildman–Crippen LogP) is 5.53. The number of benzene rings is 2. The van der Waals surface area contributed by atoms with Gasteiger partial charge in [0.1, 0.15) is 17.1 Å². The summed E-state index contributed by atoms with van der Waals surface area (Å²) in [7, 11) is 0. The lowest BCUT2D eigenvalue weighted by molar-refractivity contribution is -0.137. The van der Waals surface area contributed by atoms with Crippen molar-refractivity contribution in [3.63, 3.8) is 0 Å². The monoisotopic (exact) mass is 552 g/mol. The molecule has 0 unspecified atom stereocenters. The topological polar surface area (TPSA) is 109 Å². The first-order valence-corrected chi connectivity index (χ1v) is 13.6. The van der Waals surface area contributed by atoms with Crippen LogP contribution in [0.25, 0.3) is 0 Å². The van der Waals surface area contributed by atoms with E-state index in [4.69, 9.17) is 21.2 Å². The average Bonchev–Trinajstić information content (AvgIpc) is 2.94. The molecule has 0 aliphatic carbocycles. The maximum Gasteiger partial charge on any atom is 0.342 e. The molecule has 0 atom stereocenters. The van der Waals surface area contributed by atoms with Crippen LogP contribution in [0.5, 0.6) is 11.5 Å². The van der Waals surface area contributed by atoms with Gasteiger partial charge in [-0.05, 0) is 55.2 Å². The van der Waals surface area contributed by atoms with E-state index in [2.05, 4.69) is 17.3 Å². The smallest absolute Gasteiger partial charge is 0.342 e. The van der Waals surface area contributed by atoms with E-state index in [1.165, 1.54) is 5.56 Å². The number of nitrogens with zero attached hydrogens (tertiary/aromatic N) is 2. The third-order valence-electron chi connectivity index (χ3n) is 6.87. The number of carbonyl (C=O) groups is 2. The molecule has 39 heavy (non-hydrogen) atoms. The standard InChI is InChI=1S/C30H33ClN2O6/c31-29-24-18-23(12-8-3-1-2-4-9-17-38-30(37)28(24)25(34)19-26(29)35)32-39-20-27(36)33-15-13-22(14-16-33)21-10-6-5-7-11-21/h2,4-8,10-12,19,22,34-35H,1,3,9,13-18,20H2/b4-2+,12-8+,32-23+. The first-order valence-electron chi connectivity index (χ1n) is 13.2. The van der Waals surface area contributed by atoms with Crippen molar-refractivity contribution in [2.24, 2.45) is 5.16 Å². The van der Waals surface area contributed by atoms with Gasteiger partial charge in [-0.25, -0.2) is 4.79 Å². The summed E-state index contributed by atoms with van der Waals surface area (Å²) in [5.41, 5.74) is 1.68. The van der Waals surface area contributed by atoms with Crippen LogP contribution in [0.1, 0.15) is 59.5 Å². The van der Waals surface area contributed by atoms with Gasteiger partial charge in [-0.2, -0.15) is 0 Å². The number of rotatable bonds is 4. The lowest BCUT2D eigenvalue weighted by Crippen LogP contribution is -2.39. The molecule has 8 nitrogen and oxygen atoms in total. The molecule has 4 rings (SSSR count). The van der Waals surface area contributed by atoms with Gasteiger partial charge in [-0.15, -0.1) is 0 Å². The minimum Gasteiger partial charge on any atom is -0.507 e. The number of ether oxygens (including phenoxy) is 1. The fourth-order valence-electron chi connectivity index (χ4n) is 4.77. The molecule has 2 N–H and O–H groups in total. The Labute approximate surface area is 233 Å². The Morgan fingerprint density at radius 1 is 1.05 bits per heavy atom. The highest BCUT2D eigenvalue weighted by Crippen LogP contribution is 2.37. The Kier molecular flexibility index (Phi) is 10.0. The molecule has 2 heterocycles. The second-order valence-corrected chi connectivity index (χ2v) is 9.93. The molecule has 1 saturated heterocycles. The van der Waals surface area contributed by atoms with Crippen LogP contribution in [0.15, 0.2) is 65.9 Å². The molecule has 9 heteroatoms. The number of hydrogen-bond acceptors (Lipinski definition) is 7. The Bertz CT molecular complexity index is 1250. The number of oxime groups is 1. The highest BCUT2D eigenvalue weighted by Gasteiger charge is 2.26. The van der Waals surface area contributed by atoms with Crippen molar-refractivity contribution in [1.82, 2.24) is 4.90 Å². The van der Waals surface area contributed by atoms with E-state index in [1.807, 2.05) is 36.4 Å². The lowest BCUT2D eigenvalue weighted by Gasteiger charge is -2.32. The Morgan fingerprint density at radius 2 is 1.77 bits per heavy atom. The second kappa shape index (κ2) is 13.8. The minimum atomic E-state index is -0.756. The number of likely N-dealkylation sites (tertiary alicyclic amines) is 1. The van der Waals surface area contributed by atoms with E-state index in [0.717, 1.165) is 31.7 Å². The van der Waals surface area contributed by atoms with E-state index in [-0.39, 0.29) is 47.4 Å². The van der Waals surface area contributed by atoms with E-state index < -0.39 is 11.7 Å². The molecule has 0 aromatic heterocycles. The van der Waals surface area contributed by atoms with Crippen molar-refractivity contribution < 1.29 is 29.4 Å². The summed E-state index contributed by atoms with van der Waals surface area (Å²) in [4.78, 5) is 32.8. The summed E-state index contributed by atoms with van der Waals surface area (Å²) in [5.74, 6) is -1.29. The Morgan fingerprint density at radius 3 is 2.54 bits per heavy atom. The van der Waals surface area contributed by atoms with Crippen molar-refractivity contribution in [1.29, 1.82) is 0 Å². The summed E-state index contributed by atoms with van der Waals surface area (Å²) >= 11 is 6.35. The zero-order valence-corrected chi connectivity index (χ0v) is 22.5. The summed E-state index contributed by atoms with van der Waals surface area (Å²) in [6.07, 6.45) is 11.3. The van der Waals surface area contributed by atoms with Crippen molar-refractivity contribution in [3.05, 3.63) is 82.4 Å². The minimum absolute atomic E-state index is 0.0335. The highest BCUT2D eigenvalue weighted by atomic mass is 35.5. The van der Waals surface area contributed by atoms with Gasteiger partial charge in [0.2, 0.25) is 0 Å². The first-order chi connectivity index (χ1) is 18.9. The number of fused-ring (bicyclic) bond motifs is 1. The molecular formula is C30H33ClN2O6. The normalized spacial score (nSPS) is 20.0. The van der Waals surface area contributed by atoms with Crippen molar-refractivity contribution in [3.8, 4) is 11.5 Å². The van der Waals surface area contributed by atoms with Crippen molar-refractivity contribution in [2.45, 2.75) is 44.4 Å². The van der Waals surface area contributed by atoms with Gasteiger partial charge < -0.3 is 24.7 Å². The molecule has 2 aliphatic rings. The quantitative estimate of drug-likeness (QED) is 0.293. The van der Waals surface area contributed by atoms with Gasteiger partial charge in [0.05, 0.1) is 17.3 Å². The molecule has 206 valence electrons. The molecule has 0 bridgehead atoms. The molecule has 2 aromatic carbocycles. The SMILES string of the molecule is O=C1OCC/C=C/CC/C=C/C(=N\OCC(=O)N2CCC(c3ccccc3)CC2)Cc2c(Cl)c(O)cc(O)c21. The zero-order valence-electron chi connectivity index (χ0n) is 21.7. The number of phenolic OH excluding ortho intramolecular Hbond substituents is 2. The molecule has 1 fully saturated rings. The number of esters is 1. The number of carbonyl (C=O) groups excluding carboxylic acids is 2. The zero-order chi connectivity index (χ0) is 27.6. The van der Waals surface area contributed by atoms with Crippen molar-refractivity contribution in [2.75, 3.05) is 26.3 Å². The summed E-state index contributed by atoms with van der Waals surface area (Å²) in [6.45, 7) is 1.20. The van der Waals surface area contributed by atoms with E-state index >= 15 is 0 Å². The van der Waals surface area contributed by atoms with Gasteiger partial charge in [0, 0.05) is 25.6 Å². The number of aromatic hydroxyl groups is 2. The molecule has 2 aromatic rings. The van der Waals surface area contributed by atoms with Gasteiger partial charge in [0.15, 0.2) is 6.61 Å². The maximum atomic E-state index is 12.8. The average molecular weight is 553 g/mol. The van der Waals surface area contributed by atoms with Gasteiger partial charge in [0.25, 0.3) is 5.91 Å². The van der Waals surface area contributed by atoms with Crippen LogP contribution in [0, 0.1) is 0 Å². The molecule has 0 spiro atoms. The van der Waals surface area contributed by atoms with Crippen LogP contribution in [-0.2, 0) is 20.8 Å². The maximum absolute atomic E-state index is 12.8. The highest BCUT2D eigenvalue weighted by molar-refractivity contribution is 6.33. The van der Waals surface area contributed by atoms with Crippen LogP contribution < -0.4 is 0 Å². The second-order valence-electron chi connectivity index (χ2n) is 9.56. The number of amides is 1. The number of allylic oxidation sites excluding steroid dienone is 3. The fourth-order valence-corrected chi connectivity index (χ4v) is 4.98. The summed E-state index contributed by atoms with van der Waals surface area (Å²) in [6, 6.07) is 11.3. The van der Waals surface area contributed by atoms with E-state index in [0.29, 0.717) is 31.1 Å². The summed E-state index contributed by atoms with van der Waals surface area (Å²) in [5, 5.41) is 24.7. The van der Waals surface area contributed by atoms with Crippen LogP contribution in [0.3, 0.4) is 0 Å². The largest absolute Gasteiger partial charge is 0.507 e. The molecule has 0 radical (unpaired) electrons. The Hall–Kier alpha value is -3.78. The van der Waals surface area contributed by atoms with Crippen LogP contribution in [0.2, 0.25) is 5.02 Å². The molecule has 2 aliphatic heterocycles. The number of halogens is 1. The van der Waals surface area contributed by atoms with Gasteiger partial charge in [-0.3, -0.25) is 4.79 Å². The third-order valence-corrected chi connectivity index (χ3v) is 7.29. The van der Waals surface area contributed by atoms with Crippen molar-refractivity contribution >= 4 is 29.2 Å². The molecule has 1 amide bonds. The predicted molar refractivity (Wildman–Crippen MR) is 149 cm³/mol. The molecular weight excluding hydrogens is 520 g/mol. The number of phenols is 2. The molecule has 0 saturated carbocycles. The summed E-state index contributed by atoms with van der Waals surface area (Å²) < 4.78 is 5.31. The van der Waals surface area contributed by atoms with E-state index in [1.54, 1.807) is 11.0 Å². The number of piperidine rings is 1. The number of cyclic esters (lactones) is 1. The van der Waals surface area contributed by atoms with Crippen LogP contribution in [0.4, 0.5) is 0 Å². The third kappa shape index (κ3) is 7.63. The van der Waals surface area contributed by atoms with E-state index in [9.17, 15) is 19.8 Å². The Balaban J connectivity index is 1.46.